The molecule has 8 unspecified atom stereocenters. The van der Waals surface area contributed by atoms with Gasteiger partial charge >= 0.3 is 17.4 Å². The highest BCUT2D eigenvalue weighted by molar-refractivity contribution is 7.99. The predicted molar refractivity (Wildman–Crippen MR) is 330 cm³/mol. The van der Waals surface area contributed by atoms with E-state index in [2.05, 4.69) is 73.5 Å². The molecule has 2 rings (SSSR count). The Morgan fingerprint density at radius 3 is 1.64 bits per heavy atom. The van der Waals surface area contributed by atoms with Crippen molar-refractivity contribution in [2.45, 2.75) is 164 Å². The molecule has 0 fully saturated rings. The third-order valence-corrected chi connectivity index (χ3v) is 30.6. The van der Waals surface area contributed by atoms with Gasteiger partial charge in [0.15, 0.2) is 16.6 Å². The van der Waals surface area contributed by atoms with Crippen LogP contribution in [0.2, 0.25) is 57.4 Å². The number of ether oxygens (including phenoxy) is 5. The molecule has 0 saturated carbocycles. The number of nitrogens with one attached hydrogen (secondary N) is 4. The van der Waals surface area contributed by atoms with Crippen molar-refractivity contribution in [2.75, 3.05) is 116 Å². The van der Waals surface area contributed by atoms with Crippen LogP contribution in [0.4, 0.5) is 11.4 Å². The molecular weight excluding hydrogens is 1110 g/mol. The monoisotopic (exact) mass is 1210 g/mol. The van der Waals surface area contributed by atoms with Crippen LogP contribution in [-0.2, 0) is 40.1 Å². The van der Waals surface area contributed by atoms with Crippen molar-refractivity contribution in [3.05, 3.63) is 42.0 Å². The van der Waals surface area contributed by atoms with Crippen molar-refractivity contribution in [1.29, 1.82) is 0 Å². The summed E-state index contributed by atoms with van der Waals surface area (Å²) in [5.41, 5.74) is 14.9. The fourth-order valence-electron chi connectivity index (χ4n) is 8.06. The van der Waals surface area contributed by atoms with Gasteiger partial charge in [0, 0.05) is 78.6 Å². The molecule has 0 heterocycles. The van der Waals surface area contributed by atoms with E-state index in [1.807, 2.05) is 77.6 Å². The fraction of sp³-hybridized carbons (Fsp3) is 0.769. The Bertz CT molecular complexity index is 1870. The maximum atomic E-state index is 10.9. The normalized spacial score (nSPS) is 16.2. The van der Waals surface area contributed by atoms with Crippen LogP contribution in [0.3, 0.4) is 0 Å². The minimum absolute atomic E-state index is 0.0192. The highest BCUT2D eigenvalue weighted by atomic mass is 32.2. The van der Waals surface area contributed by atoms with Crippen LogP contribution >= 0.6 is 23.5 Å². The van der Waals surface area contributed by atoms with Crippen molar-refractivity contribution in [2.24, 2.45) is 5.73 Å². The van der Waals surface area contributed by atoms with Crippen molar-refractivity contribution in [1.82, 2.24) is 16.0 Å². The SMILES string of the molecule is CNC(C)COCC(C)NCC(O)COCCC[Si](C)(C)O[Si](C)(C)O[Si](O[Si]CCCOCC(O)CNC(C)COCC(C)N)(O[Si](C)(C)CCCOCC(O)CNc1c(SC)cc(SC)c(N)c1C)c1ccccc1. The average Bonchev–Trinajstić information content (AvgIpc) is 3.36. The number of hydrogen-bond donors (Lipinski definition) is 9. The molecule has 25 heteroatoms. The van der Waals surface area contributed by atoms with Crippen LogP contribution in [0.25, 0.3) is 0 Å². The van der Waals surface area contributed by atoms with Crippen molar-refractivity contribution in [3.63, 3.8) is 0 Å². The van der Waals surface area contributed by atoms with Crippen molar-refractivity contribution in [3.8, 4) is 0 Å². The van der Waals surface area contributed by atoms with Gasteiger partial charge in [-0.05, 0) is 142 Å². The van der Waals surface area contributed by atoms with Gasteiger partial charge in [-0.15, -0.1) is 23.5 Å². The smallest absolute Gasteiger partial charge is 0.436 e. The summed E-state index contributed by atoms with van der Waals surface area (Å²) in [6, 6.07) is 15.0. The molecule has 0 spiro atoms. The molecule has 77 heavy (non-hydrogen) atoms. The molecule has 0 saturated heterocycles. The molecule has 0 aliphatic rings. The van der Waals surface area contributed by atoms with Gasteiger partial charge in [0.05, 0.1) is 75.9 Å². The second-order valence-electron chi connectivity index (χ2n) is 21.8. The van der Waals surface area contributed by atoms with Crippen molar-refractivity contribution >= 4 is 83.8 Å². The average molecular weight is 1210 g/mol. The molecule has 11 N–H and O–H groups in total. The van der Waals surface area contributed by atoms with Crippen LogP contribution < -0.4 is 37.9 Å². The molecule has 2 aromatic carbocycles. The minimum Gasteiger partial charge on any atom is -0.436 e. The molecule has 0 aliphatic carbocycles. The van der Waals surface area contributed by atoms with E-state index in [-0.39, 0.29) is 53.8 Å². The van der Waals surface area contributed by atoms with Gasteiger partial charge in [0.1, 0.15) is 0 Å². The maximum absolute atomic E-state index is 10.9. The molecule has 0 amide bonds. The zero-order valence-electron chi connectivity index (χ0n) is 49.4. The van der Waals surface area contributed by atoms with Gasteiger partial charge in [-0.1, -0.05) is 30.3 Å². The minimum atomic E-state index is -3.65. The molecule has 0 aromatic heterocycles. The van der Waals surface area contributed by atoms with Gasteiger partial charge in [-0.25, -0.2) is 0 Å². The first-order valence-electron chi connectivity index (χ1n) is 27.5. The zero-order chi connectivity index (χ0) is 57.5. The standard InChI is InChI=1S/C52H104N6O12S2Si5/c1-40(53)33-65-35-42(3)56-30-45(59)37-62-23-18-26-73-67-77(48-21-16-15-17-22-48,69-75(11,12)28-20-25-64-39-47(61)32-58-52-44(5)51(54)49(71-7)29-50(52)72-8)70-76(13,14)68-74(9,10)27-19-24-63-38-46(60)31-57-43(4)36-66-34-41(2)55-6/h15-17,21-22,29,40-43,45-47,55-61H,18-20,23-28,30-39,53-54H2,1-14H3. The Morgan fingerprint density at radius 2 is 1.12 bits per heavy atom. The quantitative estimate of drug-likeness (QED) is 0.0166. The summed E-state index contributed by atoms with van der Waals surface area (Å²) in [6.07, 6.45) is 4.33. The van der Waals surface area contributed by atoms with E-state index in [1.165, 1.54) is 0 Å². The summed E-state index contributed by atoms with van der Waals surface area (Å²) in [6.45, 7) is 28.5. The van der Waals surface area contributed by atoms with E-state index < -0.39 is 52.3 Å². The summed E-state index contributed by atoms with van der Waals surface area (Å²) in [4.78, 5) is 2.13. The van der Waals surface area contributed by atoms with Gasteiger partial charge in [0.25, 0.3) is 0 Å². The highest BCUT2D eigenvalue weighted by Gasteiger charge is 2.53. The van der Waals surface area contributed by atoms with Crippen LogP contribution in [0.1, 0.15) is 52.5 Å². The third kappa shape index (κ3) is 31.4. The first-order chi connectivity index (χ1) is 36.4. The fourth-order valence-corrected chi connectivity index (χ4v) is 28.7. The number of nitrogen functional groups attached to an aromatic ring is 1. The number of hydrogen-bond acceptors (Lipinski definition) is 20. The second kappa shape index (κ2) is 38.9. The number of aliphatic hydroxyl groups excluding tert-OH is 3. The number of aliphatic hydroxyl groups is 3. The summed E-state index contributed by atoms with van der Waals surface area (Å²) in [5.74, 6) is 0. The largest absolute Gasteiger partial charge is 0.507 e. The Hall–Kier alpha value is -0.816. The Labute approximate surface area is 480 Å². The van der Waals surface area contributed by atoms with Gasteiger partial charge in [0.2, 0.25) is 9.76 Å². The number of likely N-dealkylation sites (N-methyl/N-ethyl adjacent to an activating group) is 1. The van der Waals surface area contributed by atoms with E-state index in [0.29, 0.717) is 65.9 Å². The number of nitrogens with two attached hydrogens (primary N) is 2. The van der Waals surface area contributed by atoms with Gasteiger partial charge < -0.3 is 88.2 Å². The topological polar surface area (TPSA) is 244 Å². The van der Waals surface area contributed by atoms with Gasteiger partial charge in [-0.3, -0.25) is 0 Å². The van der Waals surface area contributed by atoms with Crippen LogP contribution in [0.5, 0.6) is 0 Å². The zero-order valence-corrected chi connectivity index (χ0v) is 56.1. The van der Waals surface area contributed by atoms with E-state index in [0.717, 1.165) is 69.3 Å². The Kier molecular flexibility index (Phi) is 36.5. The summed E-state index contributed by atoms with van der Waals surface area (Å²) < 4.78 is 58.2. The molecule has 0 aliphatic heterocycles. The van der Waals surface area contributed by atoms with Crippen LogP contribution in [0, 0.1) is 6.92 Å². The highest BCUT2D eigenvalue weighted by Crippen LogP contribution is 2.38. The Balaban J connectivity index is 2.11. The lowest BCUT2D eigenvalue weighted by atomic mass is 10.1. The van der Waals surface area contributed by atoms with Gasteiger partial charge in [-0.2, -0.15) is 0 Å². The first kappa shape index (κ1) is 72.3. The lowest BCUT2D eigenvalue weighted by Gasteiger charge is -2.43. The summed E-state index contributed by atoms with van der Waals surface area (Å²) in [7, 11) is -9.46. The van der Waals surface area contributed by atoms with Crippen LogP contribution in [0.15, 0.2) is 46.2 Å². The summed E-state index contributed by atoms with van der Waals surface area (Å²) in [5, 5.41) is 46.2. The molecule has 2 radical (unpaired) electrons. The lowest BCUT2D eigenvalue weighted by Crippen LogP contribution is -2.67. The molecule has 0 bridgehead atoms. The first-order valence-corrected chi connectivity index (χ1v) is 41.8. The molecular formula is C52H104N6O12S2Si5. The molecule has 8 atom stereocenters. The third-order valence-electron chi connectivity index (χ3n) is 12.2. The van der Waals surface area contributed by atoms with E-state index >= 15 is 0 Å². The van der Waals surface area contributed by atoms with Crippen molar-refractivity contribution < 1.29 is 55.5 Å². The lowest BCUT2D eigenvalue weighted by molar-refractivity contribution is 0.0326. The second-order valence-corrected chi connectivity index (χ2v) is 40.1. The van der Waals surface area contributed by atoms with E-state index in [4.69, 9.17) is 51.6 Å². The number of benzene rings is 2. The molecule has 2 aromatic rings. The summed E-state index contributed by atoms with van der Waals surface area (Å²) >= 11 is 3.28. The Morgan fingerprint density at radius 1 is 0.623 bits per heavy atom. The van der Waals surface area contributed by atoms with Crippen LogP contribution in [-0.4, -0.2) is 207 Å². The molecule has 18 nitrogen and oxygen atoms in total. The molecule has 446 valence electrons. The predicted octanol–water partition coefficient (Wildman–Crippen LogP) is 5.74. The number of thioether (sulfide) groups is 2. The van der Waals surface area contributed by atoms with E-state index in [9.17, 15) is 15.3 Å². The number of anilines is 2. The maximum Gasteiger partial charge on any atom is 0.507 e. The van der Waals surface area contributed by atoms with E-state index in [1.54, 1.807) is 23.5 Å². The number of rotatable bonds is 47.